The zero-order chi connectivity index (χ0) is 24.4. The van der Waals surface area contributed by atoms with Gasteiger partial charge in [0.1, 0.15) is 12.3 Å². The minimum atomic E-state index is -2.88. The smallest absolute Gasteiger partial charge is 0.387 e. The van der Waals surface area contributed by atoms with Gasteiger partial charge < -0.3 is 20.1 Å². The Morgan fingerprint density at radius 3 is 2.15 bits per heavy atom. The third kappa shape index (κ3) is 9.26. The van der Waals surface area contributed by atoms with Crippen molar-refractivity contribution in [2.45, 2.75) is 39.2 Å². The Kier molecular flexibility index (Phi) is 9.32. The third-order valence-corrected chi connectivity index (χ3v) is 4.66. The van der Waals surface area contributed by atoms with Crippen LogP contribution in [0.15, 0.2) is 48.5 Å². The van der Waals surface area contributed by atoms with Crippen molar-refractivity contribution < 1.29 is 32.6 Å². The minimum Gasteiger partial charge on any atom is -0.454 e. The summed E-state index contributed by atoms with van der Waals surface area (Å²) < 4.78 is 33.4. The van der Waals surface area contributed by atoms with E-state index in [0.29, 0.717) is 12.0 Å². The molecule has 7 nitrogen and oxygen atoms in total. The first-order valence-electron chi connectivity index (χ1n) is 10.4. The van der Waals surface area contributed by atoms with Crippen molar-refractivity contribution in [1.82, 2.24) is 10.6 Å². The average molecular weight is 462 g/mol. The quantitative estimate of drug-likeness (QED) is 0.529. The van der Waals surface area contributed by atoms with Gasteiger partial charge >= 0.3 is 12.6 Å². The number of carbonyl (C=O) groups is 3. The molecule has 2 aromatic carbocycles. The van der Waals surface area contributed by atoms with Gasteiger partial charge in [0, 0.05) is 12.1 Å². The Bertz CT molecular complexity index is 939. The molecule has 2 aromatic rings. The number of nitrogens with one attached hydrogen (secondary N) is 2. The second kappa shape index (κ2) is 11.9. The molecular formula is C24H28F2N2O5. The highest BCUT2D eigenvalue weighted by Gasteiger charge is 2.15. The maximum atomic E-state index is 12.2. The molecule has 0 spiro atoms. The highest BCUT2D eigenvalue weighted by molar-refractivity contribution is 5.96. The zero-order valence-corrected chi connectivity index (χ0v) is 18.8. The Morgan fingerprint density at radius 2 is 1.58 bits per heavy atom. The molecular weight excluding hydrogens is 434 g/mol. The van der Waals surface area contributed by atoms with E-state index in [1.54, 1.807) is 24.3 Å². The number of carbonyl (C=O) groups excluding carboxylic acids is 3. The van der Waals surface area contributed by atoms with E-state index in [0.717, 1.165) is 11.1 Å². The maximum absolute atomic E-state index is 12.2. The Labute approximate surface area is 191 Å². The summed E-state index contributed by atoms with van der Waals surface area (Å²) in [6.07, 6.45) is 0.457. The van der Waals surface area contributed by atoms with Crippen molar-refractivity contribution >= 4 is 17.8 Å². The normalized spacial score (nSPS) is 11.1. The number of hydrogen-bond acceptors (Lipinski definition) is 5. The molecule has 0 radical (unpaired) electrons. The molecule has 33 heavy (non-hydrogen) atoms. The predicted octanol–water partition coefficient (Wildman–Crippen LogP) is 3.22. The fourth-order valence-corrected chi connectivity index (χ4v) is 2.81. The Balaban J connectivity index is 1.64. The molecule has 9 heteroatoms. The van der Waals surface area contributed by atoms with Crippen LogP contribution in [0, 0.1) is 0 Å². The van der Waals surface area contributed by atoms with Crippen molar-refractivity contribution in [3.05, 3.63) is 65.2 Å². The molecule has 0 aliphatic heterocycles. The largest absolute Gasteiger partial charge is 0.454 e. The lowest BCUT2D eigenvalue weighted by atomic mass is 9.87. The van der Waals surface area contributed by atoms with Crippen LogP contribution in [-0.2, 0) is 26.2 Å². The molecule has 0 atom stereocenters. The second-order valence-corrected chi connectivity index (χ2v) is 8.29. The number of hydrogen-bond donors (Lipinski definition) is 2. The van der Waals surface area contributed by atoms with Gasteiger partial charge in [-0.25, -0.2) is 0 Å². The number of amides is 2. The van der Waals surface area contributed by atoms with Crippen molar-refractivity contribution in [3.63, 3.8) is 0 Å². The summed E-state index contributed by atoms with van der Waals surface area (Å²) in [7, 11) is 0. The van der Waals surface area contributed by atoms with E-state index in [9.17, 15) is 23.2 Å². The number of rotatable bonds is 10. The topological polar surface area (TPSA) is 93.7 Å². The molecule has 0 fully saturated rings. The monoisotopic (exact) mass is 462 g/mol. The third-order valence-electron chi connectivity index (χ3n) is 4.66. The van der Waals surface area contributed by atoms with E-state index in [1.807, 2.05) is 12.1 Å². The van der Waals surface area contributed by atoms with Crippen LogP contribution in [0.3, 0.4) is 0 Å². The van der Waals surface area contributed by atoms with Crippen molar-refractivity contribution in [1.29, 1.82) is 0 Å². The van der Waals surface area contributed by atoms with Crippen molar-refractivity contribution in [2.24, 2.45) is 0 Å². The minimum absolute atomic E-state index is 0.0323. The predicted molar refractivity (Wildman–Crippen MR) is 118 cm³/mol. The number of benzene rings is 2. The van der Waals surface area contributed by atoms with Crippen LogP contribution in [-0.4, -0.2) is 44.1 Å². The lowest BCUT2D eigenvalue weighted by Gasteiger charge is -2.19. The maximum Gasteiger partial charge on any atom is 0.387 e. The van der Waals surface area contributed by atoms with Crippen molar-refractivity contribution in [2.75, 3.05) is 19.7 Å². The first-order chi connectivity index (χ1) is 15.5. The van der Waals surface area contributed by atoms with Gasteiger partial charge in [0.25, 0.3) is 11.8 Å². The van der Waals surface area contributed by atoms with Crippen LogP contribution >= 0.6 is 0 Å². The van der Waals surface area contributed by atoms with E-state index in [-0.39, 0.29) is 24.3 Å². The molecule has 0 saturated carbocycles. The summed E-state index contributed by atoms with van der Waals surface area (Å²) in [5.74, 6) is -1.59. The van der Waals surface area contributed by atoms with Crippen LogP contribution < -0.4 is 15.4 Å². The summed E-state index contributed by atoms with van der Waals surface area (Å²) in [5.41, 5.74) is 2.28. The van der Waals surface area contributed by atoms with E-state index in [1.165, 1.54) is 12.1 Å². The molecule has 0 heterocycles. The molecule has 178 valence electrons. The number of halogens is 2. The standard InChI is InChI=1S/C24H28F2N2O5/c1-24(2,3)18-8-6-17(7-9-18)22(31)28-14-21(30)32-15-20(29)27-13-12-16-4-10-19(11-5-16)33-23(25)26/h4-11,23H,12-15H2,1-3H3,(H,27,29)(H,28,31). The van der Waals surface area contributed by atoms with E-state index >= 15 is 0 Å². The first-order valence-corrected chi connectivity index (χ1v) is 10.4. The van der Waals surface area contributed by atoms with Crippen LogP contribution in [0.5, 0.6) is 5.75 Å². The van der Waals surface area contributed by atoms with Gasteiger partial charge in [-0.15, -0.1) is 0 Å². The SMILES string of the molecule is CC(C)(C)c1ccc(C(=O)NCC(=O)OCC(=O)NCCc2ccc(OC(F)F)cc2)cc1. The van der Waals surface area contributed by atoms with E-state index in [2.05, 4.69) is 36.1 Å². The lowest BCUT2D eigenvalue weighted by molar-refractivity contribution is -0.147. The second-order valence-electron chi connectivity index (χ2n) is 8.29. The lowest BCUT2D eigenvalue weighted by Crippen LogP contribution is -2.34. The zero-order valence-electron chi connectivity index (χ0n) is 18.8. The van der Waals surface area contributed by atoms with E-state index < -0.39 is 31.0 Å². The molecule has 0 aliphatic rings. The van der Waals surface area contributed by atoms with Gasteiger partial charge in [0.05, 0.1) is 0 Å². The number of ether oxygens (including phenoxy) is 2. The molecule has 0 unspecified atom stereocenters. The fraction of sp³-hybridized carbons (Fsp3) is 0.375. The number of alkyl halides is 2. The number of esters is 1. The molecule has 0 aliphatic carbocycles. The summed E-state index contributed by atoms with van der Waals surface area (Å²) in [4.78, 5) is 35.8. The Morgan fingerprint density at radius 1 is 0.939 bits per heavy atom. The highest BCUT2D eigenvalue weighted by Crippen LogP contribution is 2.22. The Hall–Kier alpha value is -3.49. The van der Waals surface area contributed by atoms with Crippen LogP contribution in [0.1, 0.15) is 42.3 Å². The molecule has 2 amide bonds. The molecule has 2 rings (SSSR count). The first kappa shape index (κ1) is 25.8. The van der Waals surface area contributed by atoms with Crippen LogP contribution in [0.4, 0.5) is 8.78 Å². The van der Waals surface area contributed by atoms with Crippen molar-refractivity contribution in [3.8, 4) is 5.75 Å². The average Bonchev–Trinajstić information content (AvgIpc) is 2.76. The molecule has 0 aromatic heterocycles. The highest BCUT2D eigenvalue weighted by atomic mass is 19.3. The van der Waals surface area contributed by atoms with Gasteiger partial charge in [0.2, 0.25) is 0 Å². The van der Waals surface area contributed by atoms with Gasteiger partial charge in [-0.2, -0.15) is 8.78 Å². The summed E-state index contributed by atoms with van der Waals surface area (Å²) in [6, 6.07) is 13.2. The van der Waals surface area contributed by atoms with Crippen LogP contribution in [0.25, 0.3) is 0 Å². The summed E-state index contributed by atoms with van der Waals surface area (Å²) in [6.45, 7) is 2.76. The van der Waals surface area contributed by atoms with E-state index in [4.69, 9.17) is 4.74 Å². The molecule has 2 N–H and O–H groups in total. The van der Waals surface area contributed by atoms with Gasteiger partial charge in [-0.1, -0.05) is 45.0 Å². The van der Waals surface area contributed by atoms with Gasteiger partial charge in [0.15, 0.2) is 6.61 Å². The molecule has 0 saturated heterocycles. The fourth-order valence-electron chi connectivity index (χ4n) is 2.81. The summed E-state index contributed by atoms with van der Waals surface area (Å²) in [5, 5.41) is 5.05. The molecule has 0 bridgehead atoms. The van der Waals surface area contributed by atoms with Gasteiger partial charge in [-0.3, -0.25) is 14.4 Å². The van der Waals surface area contributed by atoms with Crippen LogP contribution in [0.2, 0.25) is 0 Å². The summed E-state index contributed by atoms with van der Waals surface area (Å²) >= 11 is 0. The van der Waals surface area contributed by atoms with Gasteiger partial charge in [-0.05, 0) is 47.2 Å².